The molecule has 0 radical (unpaired) electrons. The zero-order valence-corrected chi connectivity index (χ0v) is 7.68. The van der Waals surface area contributed by atoms with Gasteiger partial charge >= 0.3 is 0 Å². The summed E-state index contributed by atoms with van der Waals surface area (Å²) in [6.45, 7) is 3.80. The summed E-state index contributed by atoms with van der Waals surface area (Å²) in [7, 11) is 0. The molecule has 1 aromatic carbocycles. The van der Waals surface area contributed by atoms with E-state index < -0.39 is 11.6 Å². The molecule has 1 rings (SSSR count). The molecular weight excluding hydrogens is 174 g/mol. The second-order valence-electron chi connectivity index (χ2n) is 3.07. The third-order valence-electron chi connectivity index (χ3n) is 1.60. The van der Waals surface area contributed by atoms with E-state index in [0.29, 0.717) is 0 Å². The fraction of sp³-hybridized carbons (Fsp3) is 0.400. The molecule has 0 aromatic heterocycles. The van der Waals surface area contributed by atoms with Crippen LogP contribution in [-0.4, -0.2) is 6.10 Å². The molecule has 3 heteroatoms. The summed E-state index contributed by atoms with van der Waals surface area (Å²) in [5, 5.41) is 0. The highest BCUT2D eigenvalue weighted by molar-refractivity contribution is 5.17. The molecule has 0 saturated carbocycles. The molecule has 0 heterocycles. The van der Waals surface area contributed by atoms with Crippen molar-refractivity contribution in [3.63, 3.8) is 0 Å². The van der Waals surface area contributed by atoms with E-state index in [4.69, 9.17) is 4.74 Å². The standard InChI is InChI=1S/C10H12F2O/c1-7(2)13-6-8-4-3-5-9(11)10(8)12/h3-5,7H,6H2,1-2H3. The van der Waals surface area contributed by atoms with E-state index in [1.54, 1.807) is 0 Å². The van der Waals surface area contributed by atoms with Crippen LogP contribution in [0.4, 0.5) is 8.78 Å². The van der Waals surface area contributed by atoms with Crippen LogP contribution in [0.25, 0.3) is 0 Å². The molecule has 1 aromatic rings. The maximum Gasteiger partial charge on any atom is 0.164 e. The average Bonchev–Trinajstić information content (AvgIpc) is 2.07. The molecule has 0 saturated heterocycles. The van der Waals surface area contributed by atoms with Crippen molar-refractivity contribution in [3.05, 3.63) is 35.4 Å². The lowest BCUT2D eigenvalue weighted by molar-refractivity contribution is 0.0635. The second-order valence-corrected chi connectivity index (χ2v) is 3.07. The molecule has 0 aliphatic rings. The van der Waals surface area contributed by atoms with Gasteiger partial charge in [-0.05, 0) is 19.9 Å². The summed E-state index contributed by atoms with van der Waals surface area (Å²) in [6, 6.07) is 4.08. The van der Waals surface area contributed by atoms with E-state index in [1.165, 1.54) is 12.1 Å². The van der Waals surface area contributed by atoms with E-state index >= 15 is 0 Å². The highest BCUT2D eigenvalue weighted by Gasteiger charge is 2.07. The maximum absolute atomic E-state index is 13.0. The Morgan fingerprint density at radius 2 is 2.00 bits per heavy atom. The smallest absolute Gasteiger partial charge is 0.164 e. The van der Waals surface area contributed by atoms with Crippen molar-refractivity contribution in [2.75, 3.05) is 0 Å². The van der Waals surface area contributed by atoms with Gasteiger partial charge in [0.25, 0.3) is 0 Å². The number of benzene rings is 1. The van der Waals surface area contributed by atoms with Crippen molar-refractivity contribution in [2.24, 2.45) is 0 Å². The summed E-state index contributed by atoms with van der Waals surface area (Å²) in [5.41, 5.74) is 0.258. The highest BCUT2D eigenvalue weighted by Crippen LogP contribution is 2.12. The molecule has 0 amide bonds. The quantitative estimate of drug-likeness (QED) is 0.705. The van der Waals surface area contributed by atoms with Gasteiger partial charge in [-0.1, -0.05) is 12.1 Å². The van der Waals surface area contributed by atoms with Gasteiger partial charge in [0, 0.05) is 5.56 Å². The summed E-state index contributed by atoms with van der Waals surface area (Å²) in [5.74, 6) is -1.65. The van der Waals surface area contributed by atoms with Crippen LogP contribution in [0, 0.1) is 11.6 Å². The molecule has 13 heavy (non-hydrogen) atoms. The summed E-state index contributed by atoms with van der Waals surface area (Å²) in [4.78, 5) is 0. The number of hydrogen-bond donors (Lipinski definition) is 0. The average molecular weight is 186 g/mol. The molecule has 0 aliphatic carbocycles. The number of hydrogen-bond acceptors (Lipinski definition) is 1. The Labute approximate surface area is 76.3 Å². The van der Waals surface area contributed by atoms with Gasteiger partial charge in [0.2, 0.25) is 0 Å². The van der Waals surface area contributed by atoms with Crippen LogP contribution in [-0.2, 0) is 11.3 Å². The molecule has 0 bridgehead atoms. The SMILES string of the molecule is CC(C)OCc1cccc(F)c1F. The highest BCUT2D eigenvalue weighted by atomic mass is 19.2. The van der Waals surface area contributed by atoms with E-state index in [2.05, 4.69) is 0 Å². The molecule has 0 unspecified atom stereocenters. The zero-order valence-electron chi connectivity index (χ0n) is 7.68. The lowest BCUT2D eigenvalue weighted by Crippen LogP contribution is -2.04. The normalized spacial score (nSPS) is 10.8. The van der Waals surface area contributed by atoms with Crippen molar-refractivity contribution in [3.8, 4) is 0 Å². The van der Waals surface area contributed by atoms with Gasteiger partial charge in [-0.25, -0.2) is 8.78 Å². The van der Waals surface area contributed by atoms with Crippen LogP contribution in [0.5, 0.6) is 0 Å². The van der Waals surface area contributed by atoms with Crippen molar-refractivity contribution >= 4 is 0 Å². The Morgan fingerprint density at radius 3 is 2.62 bits per heavy atom. The minimum absolute atomic E-state index is 0.0164. The molecule has 1 nitrogen and oxygen atoms in total. The maximum atomic E-state index is 13.0. The largest absolute Gasteiger partial charge is 0.374 e. The third kappa shape index (κ3) is 2.77. The lowest BCUT2D eigenvalue weighted by Gasteiger charge is -2.08. The first-order valence-corrected chi connectivity index (χ1v) is 4.15. The Bertz CT molecular complexity index is 284. The fourth-order valence-electron chi connectivity index (χ4n) is 0.916. The van der Waals surface area contributed by atoms with Gasteiger partial charge < -0.3 is 4.74 Å². The predicted octanol–water partition coefficient (Wildman–Crippen LogP) is 2.89. The molecule has 0 aliphatic heterocycles. The van der Waals surface area contributed by atoms with Gasteiger partial charge in [0.05, 0.1) is 12.7 Å². The predicted molar refractivity (Wildman–Crippen MR) is 46.3 cm³/mol. The summed E-state index contributed by atoms with van der Waals surface area (Å²) in [6.07, 6.45) is 0.0164. The molecule has 0 N–H and O–H groups in total. The zero-order chi connectivity index (χ0) is 9.84. The van der Waals surface area contributed by atoms with Gasteiger partial charge in [-0.2, -0.15) is 0 Å². The van der Waals surface area contributed by atoms with E-state index in [-0.39, 0.29) is 18.3 Å². The minimum atomic E-state index is -0.829. The Morgan fingerprint density at radius 1 is 1.31 bits per heavy atom. The van der Waals surface area contributed by atoms with Crippen molar-refractivity contribution in [2.45, 2.75) is 26.6 Å². The van der Waals surface area contributed by atoms with Crippen molar-refractivity contribution < 1.29 is 13.5 Å². The first kappa shape index (κ1) is 10.1. The number of halogens is 2. The molecule has 72 valence electrons. The first-order chi connectivity index (χ1) is 6.11. The van der Waals surface area contributed by atoms with Crippen LogP contribution in [0.1, 0.15) is 19.4 Å². The fourth-order valence-corrected chi connectivity index (χ4v) is 0.916. The van der Waals surface area contributed by atoms with Gasteiger partial charge in [-0.3, -0.25) is 0 Å². The van der Waals surface area contributed by atoms with E-state index in [9.17, 15) is 8.78 Å². The third-order valence-corrected chi connectivity index (χ3v) is 1.60. The van der Waals surface area contributed by atoms with Crippen LogP contribution in [0.2, 0.25) is 0 Å². The summed E-state index contributed by atoms with van der Waals surface area (Å²) >= 11 is 0. The molecule has 0 atom stereocenters. The number of ether oxygens (including phenoxy) is 1. The van der Waals surface area contributed by atoms with Crippen LogP contribution in [0.15, 0.2) is 18.2 Å². The Balaban J connectivity index is 2.71. The van der Waals surface area contributed by atoms with Gasteiger partial charge in [-0.15, -0.1) is 0 Å². The Kier molecular flexibility index (Phi) is 3.37. The van der Waals surface area contributed by atoms with Gasteiger partial charge in [0.1, 0.15) is 0 Å². The molecule has 0 spiro atoms. The monoisotopic (exact) mass is 186 g/mol. The van der Waals surface area contributed by atoms with Crippen LogP contribution >= 0.6 is 0 Å². The van der Waals surface area contributed by atoms with Crippen molar-refractivity contribution in [1.82, 2.24) is 0 Å². The second kappa shape index (κ2) is 4.33. The number of rotatable bonds is 3. The lowest BCUT2D eigenvalue weighted by atomic mass is 10.2. The van der Waals surface area contributed by atoms with Crippen LogP contribution in [0.3, 0.4) is 0 Å². The first-order valence-electron chi connectivity index (χ1n) is 4.15. The van der Waals surface area contributed by atoms with Crippen LogP contribution < -0.4 is 0 Å². The Hall–Kier alpha value is -0.960. The minimum Gasteiger partial charge on any atom is -0.374 e. The molecule has 0 fully saturated rings. The topological polar surface area (TPSA) is 9.23 Å². The van der Waals surface area contributed by atoms with E-state index in [1.807, 2.05) is 13.8 Å². The van der Waals surface area contributed by atoms with Crippen molar-refractivity contribution in [1.29, 1.82) is 0 Å². The van der Waals surface area contributed by atoms with Gasteiger partial charge in [0.15, 0.2) is 11.6 Å². The summed E-state index contributed by atoms with van der Waals surface area (Å²) < 4.78 is 30.8. The van der Waals surface area contributed by atoms with E-state index in [0.717, 1.165) is 6.07 Å². The molecular formula is C10H12F2O.